The number of sulfone groups is 1. The number of ether oxygens (including phenoxy) is 1. The molecule has 0 aliphatic carbocycles. The second kappa shape index (κ2) is 11.7. The Kier molecular flexibility index (Phi) is 9.04. The van der Waals surface area contributed by atoms with Gasteiger partial charge >= 0.3 is 11.9 Å². The Morgan fingerprint density at radius 3 is 2.29 bits per heavy atom. The van der Waals surface area contributed by atoms with Gasteiger partial charge in [0.05, 0.1) is 17.7 Å². The lowest BCUT2D eigenvalue weighted by atomic mass is 10.3. The molecule has 34 heavy (non-hydrogen) atoms. The number of carboxylic acids is 2. The Morgan fingerprint density at radius 1 is 1.09 bits per heavy atom. The number of aliphatic carboxylic acids is 2. The van der Waals surface area contributed by atoms with Gasteiger partial charge in [-0.1, -0.05) is 18.2 Å². The van der Waals surface area contributed by atoms with Crippen LogP contribution in [0, 0.1) is 5.82 Å². The molecule has 0 aliphatic heterocycles. The number of carboxylic acid groups (broad SMARTS) is 2. The molecule has 0 unspecified atom stereocenters. The van der Waals surface area contributed by atoms with Crippen LogP contribution in [0.25, 0.3) is 5.69 Å². The van der Waals surface area contributed by atoms with Gasteiger partial charge in [0.25, 0.3) is 0 Å². The van der Waals surface area contributed by atoms with E-state index in [2.05, 4.69) is 10.4 Å². The van der Waals surface area contributed by atoms with Crippen LogP contribution >= 0.6 is 0 Å². The lowest BCUT2D eigenvalue weighted by Gasteiger charge is -2.10. The maximum atomic E-state index is 14.3. The number of halogens is 1. The first kappa shape index (κ1) is 26.2. The Bertz CT molecular complexity index is 1290. The molecule has 3 rings (SSSR count). The first-order chi connectivity index (χ1) is 16.1. The van der Waals surface area contributed by atoms with Crippen LogP contribution in [-0.4, -0.2) is 54.5 Å². The molecule has 0 saturated carbocycles. The number of aromatic nitrogens is 2. The number of para-hydroxylation sites is 1. The van der Waals surface area contributed by atoms with Crippen LogP contribution in [-0.2, 0) is 26.0 Å². The number of hydrogen-bond donors (Lipinski definition) is 3. The van der Waals surface area contributed by atoms with Crippen molar-refractivity contribution in [1.82, 2.24) is 15.1 Å². The number of nitrogens with one attached hydrogen (secondary N) is 1. The summed E-state index contributed by atoms with van der Waals surface area (Å²) < 4.78 is 46.8. The van der Waals surface area contributed by atoms with E-state index in [1.165, 1.54) is 43.5 Å². The molecular weight excluding hydrogens is 469 g/mol. The number of carbonyl (C=O) groups is 2. The van der Waals surface area contributed by atoms with E-state index < -0.39 is 27.6 Å². The summed E-state index contributed by atoms with van der Waals surface area (Å²) in [5, 5.41) is 22.7. The molecule has 0 radical (unpaired) electrons. The van der Waals surface area contributed by atoms with Crippen LogP contribution in [0.2, 0.25) is 0 Å². The summed E-state index contributed by atoms with van der Waals surface area (Å²) in [5.41, 5.74) is 0.550. The van der Waals surface area contributed by atoms with Crippen molar-refractivity contribution in [2.45, 2.75) is 16.5 Å². The van der Waals surface area contributed by atoms with Crippen molar-refractivity contribution in [3.8, 4) is 11.4 Å². The number of nitrogens with zero attached hydrogens (tertiary/aromatic N) is 2. The maximum absolute atomic E-state index is 14.3. The lowest BCUT2D eigenvalue weighted by molar-refractivity contribution is -0.134. The molecule has 0 atom stereocenters. The molecule has 3 N–H and O–H groups in total. The topological polar surface area (TPSA) is 148 Å². The van der Waals surface area contributed by atoms with Crippen LogP contribution in [0.5, 0.6) is 5.75 Å². The van der Waals surface area contributed by atoms with Crippen LogP contribution in [0.4, 0.5) is 4.39 Å². The third-order valence-electron chi connectivity index (χ3n) is 4.16. The summed E-state index contributed by atoms with van der Waals surface area (Å²) in [5.74, 6) is -2.66. The van der Waals surface area contributed by atoms with Crippen molar-refractivity contribution in [1.29, 1.82) is 0 Å². The molecule has 180 valence electrons. The van der Waals surface area contributed by atoms with Gasteiger partial charge in [-0.05, 0) is 37.4 Å². The van der Waals surface area contributed by atoms with E-state index in [-0.39, 0.29) is 15.6 Å². The zero-order chi connectivity index (χ0) is 25.3. The third-order valence-corrected chi connectivity index (χ3v) is 5.88. The van der Waals surface area contributed by atoms with Crippen LogP contribution in [0.3, 0.4) is 0 Å². The van der Waals surface area contributed by atoms with Crippen molar-refractivity contribution >= 4 is 21.8 Å². The highest BCUT2D eigenvalue weighted by atomic mass is 32.2. The fourth-order valence-corrected chi connectivity index (χ4v) is 4.13. The monoisotopic (exact) mass is 491 g/mol. The smallest absolute Gasteiger partial charge is 0.328 e. The highest BCUT2D eigenvalue weighted by Gasteiger charge is 2.26. The average Bonchev–Trinajstić information content (AvgIpc) is 3.23. The van der Waals surface area contributed by atoms with Crippen LogP contribution < -0.4 is 10.1 Å². The highest BCUT2D eigenvalue weighted by molar-refractivity contribution is 7.91. The molecule has 2 aromatic carbocycles. The summed E-state index contributed by atoms with van der Waals surface area (Å²) in [6, 6.07) is 13.5. The van der Waals surface area contributed by atoms with E-state index in [0.29, 0.717) is 30.1 Å². The zero-order valence-electron chi connectivity index (χ0n) is 18.2. The van der Waals surface area contributed by atoms with Gasteiger partial charge in [0.1, 0.15) is 17.3 Å². The second-order valence-corrected chi connectivity index (χ2v) is 8.46. The first-order valence-corrected chi connectivity index (χ1v) is 11.1. The minimum atomic E-state index is -3.94. The van der Waals surface area contributed by atoms with Gasteiger partial charge < -0.3 is 20.3 Å². The minimum Gasteiger partial charge on any atom is -0.497 e. The normalized spacial score (nSPS) is 11.0. The van der Waals surface area contributed by atoms with Gasteiger partial charge in [-0.2, -0.15) is 5.10 Å². The van der Waals surface area contributed by atoms with Crippen molar-refractivity contribution in [3.63, 3.8) is 0 Å². The summed E-state index contributed by atoms with van der Waals surface area (Å²) in [6.07, 6.45) is 1.12. The van der Waals surface area contributed by atoms with E-state index in [4.69, 9.17) is 14.9 Å². The molecule has 12 heteroatoms. The number of benzene rings is 2. The summed E-state index contributed by atoms with van der Waals surface area (Å²) >= 11 is 0. The van der Waals surface area contributed by atoms with Gasteiger partial charge in [-0.3, -0.25) is 0 Å². The van der Waals surface area contributed by atoms with E-state index in [1.807, 2.05) is 0 Å². The zero-order valence-corrected chi connectivity index (χ0v) is 19.0. The molecule has 0 bridgehead atoms. The Labute approximate surface area is 194 Å². The third kappa shape index (κ3) is 6.73. The standard InChI is InChI=1S/C18H18FN3O3S.C4H4O4/c1-20-12-13-10-18(22(21-13)17-9-4-3-8-16(17)19)26(23,24)15-7-5-6-14(11-15)25-2;5-3(6)1-2-4(7)8/h3-11,20H,12H2,1-2H3;1-2H,(H,5,6)(H,7,8)/b;2-1+. The average molecular weight is 491 g/mol. The molecule has 0 amide bonds. The molecule has 0 aliphatic rings. The molecule has 1 aromatic heterocycles. The SMILES string of the molecule is CNCc1cc(S(=O)(=O)c2cccc(OC)c2)n(-c2ccccc2F)n1.O=C(O)/C=C/C(=O)O. The van der Waals surface area contributed by atoms with E-state index in [0.717, 1.165) is 4.68 Å². The Balaban J connectivity index is 0.000000440. The summed E-state index contributed by atoms with van der Waals surface area (Å²) in [6.45, 7) is 0.349. The summed E-state index contributed by atoms with van der Waals surface area (Å²) in [4.78, 5) is 19.2. The van der Waals surface area contributed by atoms with Gasteiger partial charge in [0.15, 0.2) is 5.03 Å². The summed E-state index contributed by atoms with van der Waals surface area (Å²) in [7, 11) is -0.759. The molecule has 1 heterocycles. The van der Waals surface area contributed by atoms with Gasteiger partial charge in [0, 0.05) is 24.8 Å². The molecule has 0 saturated heterocycles. The fourth-order valence-electron chi connectivity index (χ4n) is 2.70. The fraction of sp³-hybridized carbons (Fsp3) is 0.136. The number of rotatable bonds is 8. The minimum absolute atomic E-state index is 0.0466. The highest BCUT2D eigenvalue weighted by Crippen LogP contribution is 2.27. The largest absolute Gasteiger partial charge is 0.497 e. The lowest BCUT2D eigenvalue weighted by Crippen LogP contribution is -2.11. The maximum Gasteiger partial charge on any atom is 0.328 e. The number of hydrogen-bond acceptors (Lipinski definition) is 7. The molecule has 0 spiro atoms. The van der Waals surface area contributed by atoms with Crippen LogP contribution in [0.1, 0.15) is 5.69 Å². The van der Waals surface area contributed by atoms with Crippen LogP contribution in [0.15, 0.2) is 76.7 Å². The van der Waals surface area contributed by atoms with Crippen molar-refractivity contribution in [3.05, 3.63) is 78.3 Å². The molecule has 3 aromatic rings. The Morgan fingerprint density at radius 2 is 1.74 bits per heavy atom. The van der Waals surface area contributed by atoms with E-state index in [1.54, 1.807) is 25.2 Å². The van der Waals surface area contributed by atoms with Crippen molar-refractivity contribution < 1.29 is 37.3 Å². The molecular formula is C22H22FN3O7S. The Hall–Kier alpha value is -4.03. The second-order valence-electron chi connectivity index (χ2n) is 6.56. The predicted octanol–water partition coefficient (Wildman–Crippen LogP) is 2.28. The van der Waals surface area contributed by atoms with Gasteiger partial charge in [-0.25, -0.2) is 27.1 Å². The van der Waals surface area contributed by atoms with Gasteiger partial charge in [0.2, 0.25) is 9.84 Å². The number of methoxy groups -OCH3 is 1. The van der Waals surface area contributed by atoms with Gasteiger partial charge in [-0.15, -0.1) is 0 Å². The predicted molar refractivity (Wildman–Crippen MR) is 119 cm³/mol. The molecule has 0 fully saturated rings. The van der Waals surface area contributed by atoms with E-state index >= 15 is 0 Å². The van der Waals surface area contributed by atoms with Crippen molar-refractivity contribution in [2.24, 2.45) is 0 Å². The van der Waals surface area contributed by atoms with E-state index in [9.17, 15) is 22.4 Å². The quantitative estimate of drug-likeness (QED) is 0.404. The van der Waals surface area contributed by atoms with Crippen molar-refractivity contribution in [2.75, 3.05) is 14.2 Å². The molecule has 10 nitrogen and oxygen atoms in total. The first-order valence-electron chi connectivity index (χ1n) is 9.61.